The number of anilines is 1. The number of nitrogen functional groups attached to an aromatic ring is 1. The molecule has 1 heterocycles. The fourth-order valence-electron chi connectivity index (χ4n) is 2.11. The number of rotatable bonds is 3. The van der Waals surface area contributed by atoms with Gasteiger partial charge in [-0.3, -0.25) is 0 Å². The first-order valence-electron chi connectivity index (χ1n) is 6.90. The van der Waals surface area contributed by atoms with Gasteiger partial charge >= 0.3 is 0 Å². The number of ether oxygens (including phenoxy) is 2. The Hall–Kier alpha value is -2.23. The lowest BCUT2D eigenvalue weighted by atomic mass is 9.86. The molecule has 112 valence electrons. The van der Waals surface area contributed by atoms with Crippen LogP contribution < -0.4 is 15.2 Å². The Bertz CT molecular complexity index is 646. The Balaban J connectivity index is 2.44. The maximum Gasteiger partial charge on any atom is 0.222 e. The van der Waals surface area contributed by atoms with Crippen molar-refractivity contribution in [2.24, 2.45) is 0 Å². The average Bonchev–Trinajstić information content (AvgIpc) is 2.41. The van der Waals surface area contributed by atoms with E-state index in [4.69, 9.17) is 15.2 Å². The highest BCUT2D eigenvalue weighted by molar-refractivity contribution is 5.48. The van der Waals surface area contributed by atoms with E-state index in [9.17, 15) is 0 Å². The van der Waals surface area contributed by atoms with Gasteiger partial charge in [-0.05, 0) is 36.6 Å². The Morgan fingerprint density at radius 3 is 2.43 bits per heavy atom. The number of nitrogens with zero attached hydrogens (tertiary/aromatic N) is 1. The molecule has 0 aliphatic rings. The minimum absolute atomic E-state index is 0.0639. The molecule has 0 atom stereocenters. The minimum atomic E-state index is -0.0639. The molecule has 0 fully saturated rings. The van der Waals surface area contributed by atoms with Gasteiger partial charge in [-0.2, -0.15) is 0 Å². The molecule has 0 amide bonds. The summed E-state index contributed by atoms with van der Waals surface area (Å²) in [5.41, 5.74) is 8.27. The summed E-state index contributed by atoms with van der Waals surface area (Å²) < 4.78 is 11.3. The van der Waals surface area contributed by atoms with Crippen LogP contribution in [0.25, 0.3) is 0 Å². The van der Waals surface area contributed by atoms with Crippen LogP contribution in [-0.2, 0) is 5.41 Å². The summed E-state index contributed by atoms with van der Waals surface area (Å²) >= 11 is 0. The van der Waals surface area contributed by atoms with Crippen LogP contribution in [0.1, 0.15) is 31.9 Å². The van der Waals surface area contributed by atoms with Gasteiger partial charge in [0.25, 0.3) is 0 Å². The molecule has 2 aromatic rings. The van der Waals surface area contributed by atoms with Crippen LogP contribution in [-0.4, -0.2) is 12.1 Å². The lowest BCUT2D eigenvalue weighted by molar-refractivity contribution is 0.405. The molecule has 4 nitrogen and oxygen atoms in total. The number of aromatic nitrogens is 1. The number of pyridine rings is 1. The molecular weight excluding hydrogens is 264 g/mol. The molecule has 0 aliphatic carbocycles. The third-order valence-electron chi connectivity index (χ3n) is 3.25. The Morgan fingerprint density at radius 2 is 1.86 bits per heavy atom. The van der Waals surface area contributed by atoms with Crippen molar-refractivity contribution >= 4 is 5.69 Å². The van der Waals surface area contributed by atoms with Gasteiger partial charge < -0.3 is 15.2 Å². The van der Waals surface area contributed by atoms with E-state index in [0.29, 0.717) is 11.6 Å². The smallest absolute Gasteiger partial charge is 0.222 e. The van der Waals surface area contributed by atoms with Crippen LogP contribution in [0.2, 0.25) is 0 Å². The number of benzene rings is 1. The predicted molar refractivity (Wildman–Crippen MR) is 85.2 cm³/mol. The number of hydrogen-bond donors (Lipinski definition) is 1. The Kier molecular flexibility index (Phi) is 4.07. The molecule has 1 aromatic carbocycles. The van der Waals surface area contributed by atoms with Crippen LogP contribution in [0.3, 0.4) is 0 Å². The van der Waals surface area contributed by atoms with Crippen molar-refractivity contribution in [1.29, 1.82) is 0 Å². The molecule has 21 heavy (non-hydrogen) atoms. The van der Waals surface area contributed by atoms with Crippen molar-refractivity contribution in [3.05, 3.63) is 41.6 Å². The molecule has 0 spiro atoms. The van der Waals surface area contributed by atoms with Crippen LogP contribution in [0, 0.1) is 6.92 Å². The lowest BCUT2D eigenvalue weighted by Crippen LogP contribution is -2.13. The molecule has 0 radical (unpaired) electrons. The second kappa shape index (κ2) is 5.64. The zero-order valence-corrected chi connectivity index (χ0v) is 13.2. The van der Waals surface area contributed by atoms with Gasteiger partial charge in [-0.25, -0.2) is 4.98 Å². The van der Waals surface area contributed by atoms with E-state index < -0.39 is 0 Å². The molecule has 2 rings (SSSR count). The van der Waals surface area contributed by atoms with E-state index in [2.05, 4.69) is 25.8 Å². The van der Waals surface area contributed by atoms with Crippen LogP contribution in [0.4, 0.5) is 5.69 Å². The maximum atomic E-state index is 6.00. The molecule has 2 N–H and O–H groups in total. The Morgan fingerprint density at radius 1 is 1.14 bits per heavy atom. The van der Waals surface area contributed by atoms with Gasteiger partial charge in [-0.15, -0.1) is 0 Å². The van der Waals surface area contributed by atoms with Crippen molar-refractivity contribution in [3.8, 4) is 17.4 Å². The van der Waals surface area contributed by atoms with E-state index in [1.165, 1.54) is 0 Å². The van der Waals surface area contributed by atoms with Crippen molar-refractivity contribution in [1.82, 2.24) is 4.98 Å². The normalized spacial score (nSPS) is 11.3. The molecule has 4 heteroatoms. The maximum absolute atomic E-state index is 6.00. The van der Waals surface area contributed by atoms with E-state index >= 15 is 0 Å². The van der Waals surface area contributed by atoms with Crippen molar-refractivity contribution in [2.75, 3.05) is 12.8 Å². The van der Waals surface area contributed by atoms with Crippen molar-refractivity contribution < 1.29 is 9.47 Å². The molecule has 0 unspecified atom stereocenters. The van der Waals surface area contributed by atoms with Crippen LogP contribution >= 0.6 is 0 Å². The van der Waals surface area contributed by atoms with Crippen molar-refractivity contribution in [3.63, 3.8) is 0 Å². The first-order valence-corrected chi connectivity index (χ1v) is 6.90. The first-order chi connectivity index (χ1) is 9.81. The largest absolute Gasteiger partial charge is 0.497 e. The second-order valence-corrected chi connectivity index (χ2v) is 6.10. The second-order valence-electron chi connectivity index (χ2n) is 6.10. The fraction of sp³-hybridized carbons (Fsp3) is 0.353. The molecule has 0 saturated carbocycles. The lowest BCUT2D eigenvalue weighted by Gasteiger charge is -2.23. The quantitative estimate of drug-likeness (QED) is 0.924. The number of aryl methyl sites for hydroxylation is 1. The SMILES string of the molecule is COc1ccc(Oc2ncc(N)cc2C)c(C(C)(C)C)c1. The van der Waals surface area contributed by atoms with Crippen molar-refractivity contribution in [2.45, 2.75) is 33.1 Å². The molecule has 0 saturated heterocycles. The zero-order valence-electron chi connectivity index (χ0n) is 13.2. The predicted octanol–water partition coefficient (Wildman–Crippen LogP) is 4.07. The van der Waals surface area contributed by atoms with E-state index in [1.807, 2.05) is 31.2 Å². The highest BCUT2D eigenvalue weighted by Crippen LogP contribution is 2.37. The molecule has 0 aliphatic heterocycles. The van der Waals surface area contributed by atoms with Gasteiger partial charge in [-0.1, -0.05) is 20.8 Å². The minimum Gasteiger partial charge on any atom is -0.497 e. The summed E-state index contributed by atoms with van der Waals surface area (Å²) in [4.78, 5) is 4.26. The standard InChI is InChI=1S/C17H22N2O2/c1-11-8-12(18)10-19-16(11)21-15-7-6-13(20-5)9-14(15)17(2,3)4/h6-10H,18H2,1-5H3. The highest BCUT2D eigenvalue weighted by Gasteiger charge is 2.21. The summed E-state index contributed by atoms with van der Waals surface area (Å²) in [5.74, 6) is 2.16. The van der Waals surface area contributed by atoms with E-state index in [-0.39, 0.29) is 5.41 Å². The number of methoxy groups -OCH3 is 1. The van der Waals surface area contributed by atoms with Crippen LogP contribution in [0.5, 0.6) is 17.4 Å². The number of hydrogen-bond acceptors (Lipinski definition) is 4. The summed E-state index contributed by atoms with van der Waals surface area (Å²) in [5, 5.41) is 0. The van der Waals surface area contributed by atoms with Gasteiger partial charge in [0, 0.05) is 11.1 Å². The zero-order chi connectivity index (χ0) is 15.6. The number of nitrogens with two attached hydrogens (primary N) is 1. The summed E-state index contributed by atoms with van der Waals surface area (Å²) in [6, 6.07) is 7.65. The fourth-order valence-corrected chi connectivity index (χ4v) is 2.11. The van der Waals surface area contributed by atoms with Gasteiger partial charge in [0.1, 0.15) is 11.5 Å². The molecular formula is C17H22N2O2. The summed E-state index contributed by atoms with van der Waals surface area (Å²) in [7, 11) is 1.66. The molecule has 1 aromatic heterocycles. The van der Waals surface area contributed by atoms with Gasteiger partial charge in [0.2, 0.25) is 5.88 Å². The van der Waals surface area contributed by atoms with E-state index in [0.717, 1.165) is 22.6 Å². The van der Waals surface area contributed by atoms with Gasteiger partial charge in [0.05, 0.1) is 19.0 Å². The first kappa shape index (κ1) is 15.2. The molecule has 0 bridgehead atoms. The highest BCUT2D eigenvalue weighted by atomic mass is 16.5. The Labute approximate surface area is 125 Å². The topological polar surface area (TPSA) is 57.4 Å². The third-order valence-corrected chi connectivity index (χ3v) is 3.25. The van der Waals surface area contributed by atoms with E-state index in [1.54, 1.807) is 13.3 Å². The van der Waals surface area contributed by atoms with Gasteiger partial charge in [0.15, 0.2) is 0 Å². The third kappa shape index (κ3) is 3.45. The monoisotopic (exact) mass is 286 g/mol. The average molecular weight is 286 g/mol. The summed E-state index contributed by atoms with van der Waals surface area (Å²) in [6.45, 7) is 8.34. The summed E-state index contributed by atoms with van der Waals surface area (Å²) in [6.07, 6.45) is 1.60. The van der Waals surface area contributed by atoms with Crippen LogP contribution in [0.15, 0.2) is 30.5 Å².